The molecule has 0 amide bonds. The molecule has 0 spiro atoms. The Bertz CT molecular complexity index is 137. The second kappa shape index (κ2) is 18.9. The van der Waals surface area contributed by atoms with Gasteiger partial charge < -0.3 is 10.2 Å². The first-order chi connectivity index (χ1) is 9.54. The van der Waals surface area contributed by atoms with Gasteiger partial charge in [-0.05, 0) is 24.7 Å². The van der Waals surface area contributed by atoms with E-state index < -0.39 is 0 Å². The molecule has 0 radical (unpaired) electrons. The van der Waals surface area contributed by atoms with Gasteiger partial charge in [0.25, 0.3) is 0 Å². The minimum atomic E-state index is 0.363. The number of hydrogen-bond acceptors (Lipinski definition) is 2. The van der Waals surface area contributed by atoms with Crippen molar-refractivity contribution in [1.82, 2.24) is 0 Å². The molecule has 0 bridgehead atoms. The van der Waals surface area contributed by atoms with E-state index in [0.717, 1.165) is 24.7 Å². The molecular weight excluding hydrogens is 248 g/mol. The normalized spacial score (nSPS) is 10.8. The van der Waals surface area contributed by atoms with E-state index in [1.165, 1.54) is 51.4 Å². The van der Waals surface area contributed by atoms with Gasteiger partial charge in [-0.3, -0.25) is 0 Å². The molecule has 0 saturated heterocycles. The van der Waals surface area contributed by atoms with Crippen LogP contribution in [0.3, 0.4) is 0 Å². The molecule has 0 aromatic rings. The van der Waals surface area contributed by atoms with Gasteiger partial charge in [-0.2, -0.15) is 0 Å². The zero-order chi connectivity index (χ0) is 15.6. The lowest BCUT2D eigenvalue weighted by atomic mass is 10.0. The first-order valence-corrected chi connectivity index (χ1v) is 8.76. The molecule has 0 saturated carbocycles. The highest BCUT2D eigenvalue weighted by molar-refractivity contribution is 4.47. The lowest BCUT2D eigenvalue weighted by Gasteiger charge is -2.02. The van der Waals surface area contributed by atoms with E-state index in [-0.39, 0.29) is 0 Å². The van der Waals surface area contributed by atoms with E-state index in [2.05, 4.69) is 27.7 Å². The number of rotatable bonds is 12. The van der Waals surface area contributed by atoms with Crippen molar-refractivity contribution < 1.29 is 10.2 Å². The maximum atomic E-state index is 8.47. The molecule has 2 N–H and O–H groups in total. The molecular formula is C18H40O2. The van der Waals surface area contributed by atoms with Crippen molar-refractivity contribution >= 4 is 0 Å². The molecule has 124 valence electrons. The Morgan fingerprint density at radius 2 is 0.800 bits per heavy atom. The second-order valence-electron chi connectivity index (χ2n) is 6.64. The summed E-state index contributed by atoms with van der Waals surface area (Å²) in [5.41, 5.74) is 0. The first-order valence-electron chi connectivity index (χ1n) is 8.76. The fraction of sp³-hybridized carbons (Fsp3) is 1.00. The van der Waals surface area contributed by atoms with E-state index >= 15 is 0 Å². The smallest absolute Gasteiger partial charge is 0.0431 e. The van der Waals surface area contributed by atoms with Crippen molar-refractivity contribution in [3.05, 3.63) is 0 Å². The molecule has 0 unspecified atom stereocenters. The maximum absolute atomic E-state index is 8.47. The van der Waals surface area contributed by atoms with Crippen molar-refractivity contribution in [2.45, 2.75) is 91.9 Å². The molecule has 2 nitrogen and oxygen atoms in total. The average molecular weight is 289 g/mol. The summed E-state index contributed by atoms with van der Waals surface area (Å²) in [7, 11) is 0. The van der Waals surface area contributed by atoms with Gasteiger partial charge in [0.2, 0.25) is 0 Å². The average Bonchev–Trinajstić information content (AvgIpc) is 2.38. The zero-order valence-corrected chi connectivity index (χ0v) is 14.5. The van der Waals surface area contributed by atoms with Crippen molar-refractivity contribution in [2.24, 2.45) is 11.8 Å². The van der Waals surface area contributed by atoms with Gasteiger partial charge in [0, 0.05) is 13.2 Å². The largest absolute Gasteiger partial charge is 0.396 e. The Hall–Kier alpha value is -0.0800. The van der Waals surface area contributed by atoms with Crippen LogP contribution < -0.4 is 0 Å². The maximum Gasteiger partial charge on any atom is 0.0431 e. The van der Waals surface area contributed by atoms with Crippen LogP contribution in [0.5, 0.6) is 0 Å². The zero-order valence-electron chi connectivity index (χ0n) is 14.5. The number of aliphatic hydroxyl groups excluding tert-OH is 2. The van der Waals surface area contributed by atoms with Crippen LogP contribution in [0.4, 0.5) is 0 Å². The molecule has 0 aliphatic carbocycles. The summed E-state index contributed by atoms with van der Waals surface area (Å²) < 4.78 is 0. The summed E-state index contributed by atoms with van der Waals surface area (Å²) in [6.07, 6.45) is 12.3. The fourth-order valence-corrected chi connectivity index (χ4v) is 2.04. The summed E-state index contributed by atoms with van der Waals surface area (Å²) in [4.78, 5) is 0. The Morgan fingerprint density at radius 3 is 1.05 bits per heavy atom. The minimum absolute atomic E-state index is 0.363. The van der Waals surface area contributed by atoms with Crippen molar-refractivity contribution in [3.63, 3.8) is 0 Å². The van der Waals surface area contributed by atoms with Gasteiger partial charge in [-0.1, -0.05) is 79.1 Å². The van der Waals surface area contributed by atoms with Gasteiger partial charge in [0.05, 0.1) is 0 Å². The quantitative estimate of drug-likeness (QED) is 0.486. The summed E-state index contributed by atoms with van der Waals surface area (Å²) in [5.74, 6) is 1.68. The van der Waals surface area contributed by atoms with Crippen LogP contribution in [0, 0.1) is 11.8 Å². The highest BCUT2D eigenvalue weighted by atomic mass is 16.3. The topological polar surface area (TPSA) is 40.5 Å². The van der Waals surface area contributed by atoms with Crippen LogP contribution in [0.15, 0.2) is 0 Å². The number of hydrogen-bond donors (Lipinski definition) is 2. The Balaban J connectivity index is 0. The number of unbranched alkanes of at least 4 members (excludes halogenated alkanes) is 6. The van der Waals surface area contributed by atoms with E-state index in [4.69, 9.17) is 10.2 Å². The van der Waals surface area contributed by atoms with Gasteiger partial charge in [-0.15, -0.1) is 0 Å². The third-order valence-corrected chi connectivity index (χ3v) is 3.38. The number of aliphatic hydroxyl groups is 2. The van der Waals surface area contributed by atoms with E-state index in [1.54, 1.807) is 0 Å². The molecule has 0 aliphatic rings. The SMILES string of the molecule is CC(C)CCCCCCO.CC(C)CCCCCCO. The summed E-state index contributed by atoms with van der Waals surface area (Å²) in [6, 6.07) is 0. The molecule has 0 fully saturated rings. The second-order valence-corrected chi connectivity index (χ2v) is 6.64. The van der Waals surface area contributed by atoms with Crippen LogP contribution in [-0.4, -0.2) is 23.4 Å². The molecule has 2 heteroatoms. The molecule has 20 heavy (non-hydrogen) atoms. The van der Waals surface area contributed by atoms with Crippen LogP contribution in [-0.2, 0) is 0 Å². The van der Waals surface area contributed by atoms with E-state index in [1.807, 2.05) is 0 Å². The van der Waals surface area contributed by atoms with Crippen molar-refractivity contribution in [2.75, 3.05) is 13.2 Å². The standard InChI is InChI=1S/2C9H20O/c2*1-9(2)7-5-3-4-6-8-10/h2*9-10H,3-8H2,1-2H3. The van der Waals surface area contributed by atoms with E-state index in [0.29, 0.717) is 13.2 Å². The van der Waals surface area contributed by atoms with E-state index in [9.17, 15) is 0 Å². The Kier molecular flexibility index (Phi) is 21.0. The van der Waals surface area contributed by atoms with Crippen molar-refractivity contribution in [3.8, 4) is 0 Å². The van der Waals surface area contributed by atoms with Crippen LogP contribution in [0.2, 0.25) is 0 Å². The van der Waals surface area contributed by atoms with Gasteiger partial charge in [0.1, 0.15) is 0 Å². The van der Waals surface area contributed by atoms with Crippen LogP contribution in [0.25, 0.3) is 0 Å². The summed E-state index contributed by atoms with van der Waals surface area (Å²) in [5, 5.41) is 16.9. The predicted molar refractivity (Wildman–Crippen MR) is 90.0 cm³/mol. The molecule has 0 atom stereocenters. The fourth-order valence-electron chi connectivity index (χ4n) is 2.04. The molecule has 0 aliphatic heterocycles. The molecule has 0 aromatic carbocycles. The van der Waals surface area contributed by atoms with Crippen LogP contribution >= 0.6 is 0 Å². The predicted octanol–water partition coefficient (Wildman–Crippen LogP) is 5.17. The highest BCUT2D eigenvalue weighted by Gasteiger charge is 1.93. The summed E-state index contributed by atoms with van der Waals surface area (Å²) in [6.45, 7) is 9.75. The lowest BCUT2D eigenvalue weighted by Crippen LogP contribution is -1.88. The Morgan fingerprint density at radius 1 is 0.500 bits per heavy atom. The first kappa shape index (κ1) is 22.2. The molecule has 0 rings (SSSR count). The Labute approximate surface area is 128 Å². The lowest BCUT2D eigenvalue weighted by molar-refractivity contribution is 0.281. The minimum Gasteiger partial charge on any atom is -0.396 e. The highest BCUT2D eigenvalue weighted by Crippen LogP contribution is 2.09. The third kappa shape index (κ3) is 26.5. The van der Waals surface area contributed by atoms with Crippen molar-refractivity contribution in [1.29, 1.82) is 0 Å². The van der Waals surface area contributed by atoms with Crippen LogP contribution in [0.1, 0.15) is 91.9 Å². The summed E-state index contributed by atoms with van der Waals surface area (Å²) >= 11 is 0. The molecule has 0 heterocycles. The van der Waals surface area contributed by atoms with Gasteiger partial charge in [-0.25, -0.2) is 0 Å². The van der Waals surface area contributed by atoms with Gasteiger partial charge in [0.15, 0.2) is 0 Å². The van der Waals surface area contributed by atoms with Gasteiger partial charge >= 0.3 is 0 Å². The molecule has 0 aromatic heterocycles. The monoisotopic (exact) mass is 288 g/mol. The third-order valence-electron chi connectivity index (χ3n) is 3.38.